The summed E-state index contributed by atoms with van der Waals surface area (Å²) < 4.78 is 5.24. The van der Waals surface area contributed by atoms with Crippen molar-refractivity contribution in [3.05, 3.63) is 23.8 Å². The number of amides is 1. The summed E-state index contributed by atoms with van der Waals surface area (Å²) in [6, 6.07) is 5.22. The quantitative estimate of drug-likeness (QED) is 0.832. The van der Waals surface area contributed by atoms with E-state index in [-0.39, 0.29) is 11.3 Å². The van der Waals surface area contributed by atoms with Crippen LogP contribution in [0.2, 0.25) is 0 Å². The van der Waals surface area contributed by atoms with Crippen LogP contribution in [0.25, 0.3) is 0 Å². The zero-order chi connectivity index (χ0) is 14.6. The fourth-order valence-electron chi connectivity index (χ4n) is 1.62. The first-order chi connectivity index (χ1) is 8.73. The number of ether oxygens (including phenoxy) is 1. The van der Waals surface area contributed by atoms with Crippen molar-refractivity contribution in [1.82, 2.24) is 0 Å². The molecule has 1 aromatic rings. The minimum atomic E-state index is -0.0594. The molecule has 0 saturated heterocycles. The molecule has 0 aliphatic heterocycles. The number of anilines is 1. The van der Waals surface area contributed by atoms with Crippen LogP contribution in [0.3, 0.4) is 0 Å². The molecule has 19 heavy (non-hydrogen) atoms. The second kappa shape index (κ2) is 6.02. The van der Waals surface area contributed by atoms with Crippen molar-refractivity contribution in [2.75, 3.05) is 12.4 Å². The molecule has 104 valence electrons. The second-order valence-corrected chi connectivity index (χ2v) is 6.00. The molecule has 0 aliphatic carbocycles. The zero-order valence-electron chi connectivity index (χ0n) is 11.7. The van der Waals surface area contributed by atoms with Crippen molar-refractivity contribution >= 4 is 28.8 Å². The Balaban J connectivity index is 2.89. The van der Waals surface area contributed by atoms with Crippen molar-refractivity contribution in [1.29, 1.82) is 0 Å². The van der Waals surface area contributed by atoms with Crippen LogP contribution in [0.5, 0.6) is 5.75 Å². The van der Waals surface area contributed by atoms with Crippen molar-refractivity contribution in [3.8, 4) is 5.75 Å². The second-order valence-electron chi connectivity index (χ2n) is 5.56. The number of thiocarbonyl (C=S) groups is 1. The van der Waals surface area contributed by atoms with Gasteiger partial charge in [-0.2, -0.15) is 0 Å². The molecule has 1 rings (SSSR count). The molecule has 5 heteroatoms. The summed E-state index contributed by atoms with van der Waals surface area (Å²) in [7, 11) is 1.54. The molecule has 1 amide bonds. The highest BCUT2D eigenvalue weighted by atomic mass is 32.1. The van der Waals surface area contributed by atoms with Gasteiger partial charge in [-0.3, -0.25) is 4.79 Å². The van der Waals surface area contributed by atoms with Crippen LogP contribution >= 0.6 is 12.2 Å². The zero-order valence-corrected chi connectivity index (χ0v) is 12.6. The summed E-state index contributed by atoms with van der Waals surface area (Å²) in [4.78, 5) is 12.2. The maximum Gasteiger partial charge on any atom is 0.224 e. The largest absolute Gasteiger partial charge is 0.495 e. The lowest BCUT2D eigenvalue weighted by molar-refractivity contribution is -0.117. The van der Waals surface area contributed by atoms with Gasteiger partial charge in [-0.15, -0.1) is 0 Å². The van der Waals surface area contributed by atoms with E-state index in [1.807, 2.05) is 20.8 Å². The Kier molecular flexibility index (Phi) is 4.89. The molecule has 4 nitrogen and oxygen atoms in total. The summed E-state index contributed by atoms with van der Waals surface area (Å²) >= 11 is 4.91. The van der Waals surface area contributed by atoms with Crippen molar-refractivity contribution in [3.63, 3.8) is 0 Å². The van der Waals surface area contributed by atoms with Crippen LogP contribution in [0.1, 0.15) is 32.8 Å². The van der Waals surface area contributed by atoms with Crippen LogP contribution in [0.15, 0.2) is 18.2 Å². The molecule has 0 fully saturated rings. The molecule has 1 aromatic carbocycles. The SMILES string of the molecule is COc1cc(C(N)=S)ccc1NC(=O)CC(C)(C)C. The molecule has 0 heterocycles. The van der Waals surface area contributed by atoms with Crippen molar-refractivity contribution in [2.45, 2.75) is 27.2 Å². The Hall–Kier alpha value is -1.62. The van der Waals surface area contributed by atoms with E-state index in [9.17, 15) is 4.79 Å². The van der Waals surface area contributed by atoms with E-state index in [4.69, 9.17) is 22.7 Å². The molecule has 0 bridgehead atoms. The Labute approximate surface area is 119 Å². The van der Waals surface area contributed by atoms with E-state index in [1.54, 1.807) is 18.2 Å². The summed E-state index contributed by atoms with van der Waals surface area (Å²) in [6.45, 7) is 6.04. The average Bonchev–Trinajstić information content (AvgIpc) is 2.26. The molecular weight excluding hydrogens is 260 g/mol. The third-order valence-corrected chi connectivity index (χ3v) is 2.69. The number of hydrogen-bond acceptors (Lipinski definition) is 3. The predicted molar refractivity (Wildman–Crippen MR) is 81.6 cm³/mol. The van der Waals surface area contributed by atoms with Gasteiger partial charge in [0.15, 0.2) is 0 Å². The lowest BCUT2D eigenvalue weighted by atomic mass is 9.92. The van der Waals surface area contributed by atoms with E-state index in [0.717, 1.165) is 0 Å². The number of methoxy groups -OCH3 is 1. The van der Waals surface area contributed by atoms with Gasteiger partial charge in [-0.25, -0.2) is 0 Å². The summed E-state index contributed by atoms with van der Waals surface area (Å²) in [5.74, 6) is 0.501. The lowest BCUT2D eigenvalue weighted by Crippen LogP contribution is -2.20. The van der Waals surface area contributed by atoms with Crippen molar-refractivity contribution in [2.24, 2.45) is 11.1 Å². The van der Waals surface area contributed by atoms with Crippen molar-refractivity contribution < 1.29 is 9.53 Å². The molecule has 3 N–H and O–H groups in total. The van der Waals surface area contributed by atoms with Gasteiger partial charge in [0, 0.05) is 12.0 Å². The Morgan fingerprint density at radius 2 is 2.05 bits per heavy atom. The lowest BCUT2D eigenvalue weighted by Gasteiger charge is -2.18. The molecule has 0 radical (unpaired) electrons. The van der Waals surface area contributed by atoms with Gasteiger partial charge < -0.3 is 15.8 Å². The molecule has 0 spiro atoms. The first-order valence-corrected chi connectivity index (χ1v) is 6.41. The number of nitrogens with one attached hydrogen (secondary N) is 1. The first-order valence-electron chi connectivity index (χ1n) is 6.00. The Morgan fingerprint density at radius 3 is 2.53 bits per heavy atom. The highest BCUT2D eigenvalue weighted by Crippen LogP contribution is 2.27. The summed E-state index contributed by atoms with van der Waals surface area (Å²) in [6.07, 6.45) is 0.438. The molecule has 0 atom stereocenters. The Morgan fingerprint density at radius 1 is 1.42 bits per heavy atom. The van der Waals surface area contributed by atoms with Gasteiger partial charge in [-0.1, -0.05) is 33.0 Å². The highest BCUT2D eigenvalue weighted by Gasteiger charge is 2.17. The number of carbonyl (C=O) groups is 1. The summed E-state index contributed by atoms with van der Waals surface area (Å²) in [5, 5.41) is 2.84. The molecule has 0 aliphatic rings. The fourth-order valence-corrected chi connectivity index (χ4v) is 1.75. The minimum absolute atomic E-state index is 0.0473. The van der Waals surface area contributed by atoms with Gasteiger partial charge in [-0.05, 0) is 23.6 Å². The maximum absolute atomic E-state index is 11.9. The average molecular weight is 280 g/mol. The Bertz CT molecular complexity index is 493. The molecule has 0 saturated carbocycles. The minimum Gasteiger partial charge on any atom is -0.495 e. The molecule has 0 aromatic heterocycles. The number of benzene rings is 1. The van der Waals surface area contributed by atoms with Gasteiger partial charge in [0.2, 0.25) is 5.91 Å². The van der Waals surface area contributed by atoms with E-state index in [0.29, 0.717) is 28.4 Å². The van der Waals surface area contributed by atoms with E-state index >= 15 is 0 Å². The van der Waals surface area contributed by atoms with Crippen LogP contribution in [0.4, 0.5) is 5.69 Å². The molecule has 0 unspecified atom stereocenters. The van der Waals surface area contributed by atoms with E-state index in [2.05, 4.69) is 5.32 Å². The smallest absolute Gasteiger partial charge is 0.224 e. The van der Waals surface area contributed by atoms with E-state index in [1.165, 1.54) is 7.11 Å². The van der Waals surface area contributed by atoms with Gasteiger partial charge in [0.25, 0.3) is 0 Å². The van der Waals surface area contributed by atoms with E-state index < -0.39 is 0 Å². The van der Waals surface area contributed by atoms with Crippen LogP contribution in [-0.4, -0.2) is 18.0 Å². The fraction of sp³-hybridized carbons (Fsp3) is 0.429. The maximum atomic E-state index is 11.9. The third-order valence-electron chi connectivity index (χ3n) is 2.45. The van der Waals surface area contributed by atoms with Crippen LogP contribution < -0.4 is 15.8 Å². The van der Waals surface area contributed by atoms with Gasteiger partial charge in [0.1, 0.15) is 10.7 Å². The number of rotatable bonds is 4. The highest BCUT2D eigenvalue weighted by molar-refractivity contribution is 7.80. The standard InChI is InChI=1S/C14H20N2O2S/c1-14(2,3)8-12(17)16-10-6-5-9(13(15)19)7-11(10)18-4/h5-7H,8H2,1-4H3,(H2,15,19)(H,16,17). The normalized spacial score (nSPS) is 10.9. The monoisotopic (exact) mass is 280 g/mol. The first kappa shape index (κ1) is 15.4. The molecular formula is C14H20N2O2S. The number of nitrogens with two attached hydrogens (primary N) is 1. The van der Waals surface area contributed by atoms with Crippen LogP contribution in [-0.2, 0) is 4.79 Å². The predicted octanol–water partition coefficient (Wildman–Crippen LogP) is 2.70. The number of carbonyl (C=O) groups excluding carboxylic acids is 1. The van der Waals surface area contributed by atoms with Crippen LogP contribution in [0, 0.1) is 5.41 Å². The number of hydrogen-bond donors (Lipinski definition) is 2. The summed E-state index contributed by atoms with van der Waals surface area (Å²) in [5.41, 5.74) is 6.83. The topological polar surface area (TPSA) is 64.3 Å². The van der Waals surface area contributed by atoms with Gasteiger partial charge in [0.05, 0.1) is 12.8 Å². The van der Waals surface area contributed by atoms with Gasteiger partial charge >= 0.3 is 0 Å². The third kappa shape index (κ3) is 4.87.